The largest absolute Gasteiger partial charge is 0.484 e. The topological polar surface area (TPSA) is 38.8 Å². The lowest BCUT2D eigenvalue weighted by atomic mass is 9.97. The predicted molar refractivity (Wildman–Crippen MR) is 98.1 cm³/mol. The first-order valence-corrected chi connectivity index (χ1v) is 8.90. The number of hydrogen-bond acceptors (Lipinski definition) is 3. The Morgan fingerprint density at radius 1 is 0.920 bits per heavy atom. The number of piperidine rings is 1. The average Bonchev–Trinajstić information content (AvgIpc) is 2.62. The molecule has 1 amide bonds. The maximum absolute atomic E-state index is 12.5. The van der Waals surface area contributed by atoms with Crippen LogP contribution in [0, 0.1) is 0 Å². The molecule has 132 valence electrons. The SMILES string of the molecule is CC1CCCC(C)N1C(=O)COc1ccc(Oc2ccccc2)cc1. The van der Waals surface area contributed by atoms with Crippen LogP contribution in [0.4, 0.5) is 0 Å². The van der Waals surface area contributed by atoms with Crippen molar-refractivity contribution in [3.63, 3.8) is 0 Å². The van der Waals surface area contributed by atoms with Crippen molar-refractivity contribution in [2.24, 2.45) is 0 Å². The van der Waals surface area contributed by atoms with Gasteiger partial charge < -0.3 is 14.4 Å². The molecule has 2 aromatic rings. The molecule has 0 aromatic heterocycles. The molecule has 1 saturated heterocycles. The van der Waals surface area contributed by atoms with E-state index in [0.717, 1.165) is 24.3 Å². The zero-order valence-corrected chi connectivity index (χ0v) is 14.9. The van der Waals surface area contributed by atoms with Crippen molar-refractivity contribution in [1.29, 1.82) is 0 Å². The Morgan fingerprint density at radius 2 is 1.48 bits per heavy atom. The Balaban J connectivity index is 1.54. The first-order valence-electron chi connectivity index (χ1n) is 8.90. The molecule has 3 rings (SSSR count). The molecule has 1 fully saturated rings. The fourth-order valence-corrected chi connectivity index (χ4v) is 3.36. The summed E-state index contributed by atoms with van der Waals surface area (Å²) in [6.45, 7) is 4.31. The summed E-state index contributed by atoms with van der Waals surface area (Å²) in [4.78, 5) is 14.4. The minimum absolute atomic E-state index is 0.0595. The predicted octanol–water partition coefficient (Wildman–Crippen LogP) is 4.65. The highest BCUT2D eigenvalue weighted by atomic mass is 16.5. The summed E-state index contributed by atoms with van der Waals surface area (Å²) in [7, 11) is 0. The van der Waals surface area contributed by atoms with Crippen LogP contribution in [0.2, 0.25) is 0 Å². The molecule has 0 spiro atoms. The summed E-state index contributed by atoms with van der Waals surface area (Å²) in [6, 6.07) is 17.6. The molecule has 1 aliphatic rings. The maximum Gasteiger partial charge on any atom is 0.260 e. The molecule has 2 unspecified atom stereocenters. The second-order valence-corrected chi connectivity index (χ2v) is 6.61. The van der Waals surface area contributed by atoms with Crippen LogP contribution in [0.5, 0.6) is 17.2 Å². The standard InChI is InChI=1S/C21H25NO3/c1-16-7-6-8-17(2)22(16)21(23)15-24-18-11-13-20(14-12-18)25-19-9-4-3-5-10-19/h3-5,9-14,16-17H,6-8,15H2,1-2H3. The fraction of sp³-hybridized carbons (Fsp3) is 0.381. The van der Waals surface area contributed by atoms with Crippen LogP contribution in [-0.2, 0) is 4.79 Å². The minimum atomic E-state index is 0.0595. The van der Waals surface area contributed by atoms with Crippen molar-refractivity contribution in [3.05, 3.63) is 54.6 Å². The third kappa shape index (κ3) is 4.53. The third-order valence-electron chi connectivity index (χ3n) is 4.65. The summed E-state index contributed by atoms with van der Waals surface area (Å²) in [5, 5.41) is 0. The summed E-state index contributed by atoms with van der Waals surface area (Å²) in [6.07, 6.45) is 3.33. The van der Waals surface area contributed by atoms with Crippen molar-refractivity contribution in [3.8, 4) is 17.2 Å². The van der Waals surface area contributed by atoms with Gasteiger partial charge in [-0.3, -0.25) is 4.79 Å². The first-order chi connectivity index (χ1) is 12.1. The second kappa shape index (κ2) is 8.06. The van der Waals surface area contributed by atoms with E-state index in [0.29, 0.717) is 17.8 Å². The Bertz CT molecular complexity index is 674. The normalized spacial score (nSPS) is 20.2. The van der Waals surface area contributed by atoms with Crippen molar-refractivity contribution in [1.82, 2.24) is 4.90 Å². The lowest BCUT2D eigenvalue weighted by Crippen LogP contribution is -2.49. The average molecular weight is 339 g/mol. The Morgan fingerprint density at radius 3 is 2.12 bits per heavy atom. The van der Waals surface area contributed by atoms with Gasteiger partial charge in [0.05, 0.1) is 0 Å². The molecule has 0 bridgehead atoms. The number of carbonyl (C=O) groups is 1. The molecule has 1 aliphatic heterocycles. The van der Waals surface area contributed by atoms with Gasteiger partial charge in [0.1, 0.15) is 17.2 Å². The number of para-hydroxylation sites is 1. The quantitative estimate of drug-likeness (QED) is 0.796. The summed E-state index contributed by atoms with van der Waals surface area (Å²) < 4.78 is 11.4. The van der Waals surface area contributed by atoms with Gasteiger partial charge in [0.2, 0.25) is 0 Å². The number of nitrogens with zero attached hydrogens (tertiary/aromatic N) is 1. The monoisotopic (exact) mass is 339 g/mol. The molecule has 4 heteroatoms. The van der Waals surface area contributed by atoms with Gasteiger partial charge in [-0.1, -0.05) is 18.2 Å². The van der Waals surface area contributed by atoms with E-state index in [2.05, 4.69) is 13.8 Å². The number of hydrogen-bond donors (Lipinski definition) is 0. The summed E-state index contributed by atoms with van der Waals surface area (Å²) in [5.74, 6) is 2.26. The lowest BCUT2D eigenvalue weighted by molar-refractivity contribution is -0.139. The van der Waals surface area contributed by atoms with E-state index in [1.165, 1.54) is 6.42 Å². The highest BCUT2D eigenvalue weighted by Crippen LogP contribution is 2.25. The van der Waals surface area contributed by atoms with Gasteiger partial charge in [-0.25, -0.2) is 0 Å². The molecular weight excluding hydrogens is 314 g/mol. The maximum atomic E-state index is 12.5. The number of benzene rings is 2. The van der Waals surface area contributed by atoms with Gasteiger partial charge in [-0.2, -0.15) is 0 Å². The zero-order valence-electron chi connectivity index (χ0n) is 14.9. The van der Waals surface area contributed by atoms with Crippen molar-refractivity contribution >= 4 is 5.91 Å². The van der Waals surface area contributed by atoms with E-state index in [4.69, 9.17) is 9.47 Å². The third-order valence-corrected chi connectivity index (χ3v) is 4.65. The smallest absolute Gasteiger partial charge is 0.260 e. The van der Waals surface area contributed by atoms with Gasteiger partial charge in [0.25, 0.3) is 5.91 Å². The number of carbonyl (C=O) groups excluding carboxylic acids is 1. The number of ether oxygens (including phenoxy) is 2. The first kappa shape index (κ1) is 17.3. The minimum Gasteiger partial charge on any atom is -0.484 e. The van der Waals surface area contributed by atoms with Gasteiger partial charge >= 0.3 is 0 Å². The van der Waals surface area contributed by atoms with Crippen LogP contribution in [0.15, 0.2) is 54.6 Å². The molecule has 0 N–H and O–H groups in total. The zero-order chi connectivity index (χ0) is 17.6. The van der Waals surface area contributed by atoms with Gasteiger partial charge in [0.15, 0.2) is 6.61 Å². The number of amides is 1. The molecule has 4 nitrogen and oxygen atoms in total. The molecule has 0 saturated carbocycles. The van der Waals surface area contributed by atoms with E-state index in [9.17, 15) is 4.79 Å². The molecular formula is C21H25NO3. The van der Waals surface area contributed by atoms with E-state index in [1.54, 1.807) is 0 Å². The van der Waals surface area contributed by atoms with Crippen LogP contribution >= 0.6 is 0 Å². The molecule has 25 heavy (non-hydrogen) atoms. The van der Waals surface area contributed by atoms with Crippen molar-refractivity contribution in [2.75, 3.05) is 6.61 Å². The Labute approximate surface area is 149 Å². The van der Waals surface area contributed by atoms with Gasteiger partial charge in [-0.15, -0.1) is 0 Å². The highest BCUT2D eigenvalue weighted by molar-refractivity contribution is 5.78. The Kier molecular flexibility index (Phi) is 5.59. The Hall–Kier alpha value is -2.49. The van der Waals surface area contributed by atoms with Crippen LogP contribution in [0.1, 0.15) is 33.1 Å². The van der Waals surface area contributed by atoms with Crippen LogP contribution in [0.3, 0.4) is 0 Å². The molecule has 1 heterocycles. The second-order valence-electron chi connectivity index (χ2n) is 6.61. The van der Waals surface area contributed by atoms with Crippen LogP contribution in [-0.4, -0.2) is 29.5 Å². The van der Waals surface area contributed by atoms with Crippen molar-refractivity contribution in [2.45, 2.75) is 45.2 Å². The number of rotatable bonds is 5. The molecule has 0 aliphatic carbocycles. The summed E-state index contributed by atoms with van der Waals surface area (Å²) in [5.41, 5.74) is 0. The van der Waals surface area contributed by atoms with E-state index < -0.39 is 0 Å². The fourth-order valence-electron chi connectivity index (χ4n) is 3.36. The van der Waals surface area contributed by atoms with E-state index in [-0.39, 0.29) is 12.5 Å². The van der Waals surface area contributed by atoms with Crippen LogP contribution < -0.4 is 9.47 Å². The van der Waals surface area contributed by atoms with E-state index >= 15 is 0 Å². The number of likely N-dealkylation sites (tertiary alicyclic amines) is 1. The molecule has 2 atom stereocenters. The molecule has 2 aromatic carbocycles. The summed E-state index contributed by atoms with van der Waals surface area (Å²) >= 11 is 0. The van der Waals surface area contributed by atoms with E-state index in [1.807, 2.05) is 59.5 Å². The van der Waals surface area contributed by atoms with Gasteiger partial charge in [-0.05, 0) is 69.5 Å². The van der Waals surface area contributed by atoms with Gasteiger partial charge in [0, 0.05) is 12.1 Å². The highest BCUT2D eigenvalue weighted by Gasteiger charge is 2.28. The molecule has 0 radical (unpaired) electrons. The lowest BCUT2D eigenvalue weighted by Gasteiger charge is -2.38. The van der Waals surface area contributed by atoms with Crippen molar-refractivity contribution < 1.29 is 14.3 Å². The van der Waals surface area contributed by atoms with Crippen LogP contribution in [0.25, 0.3) is 0 Å².